The quantitative estimate of drug-likeness (QED) is 0.906. The molecule has 2 N–H and O–H groups in total. The molecule has 0 aliphatic rings. The van der Waals surface area contributed by atoms with Crippen molar-refractivity contribution in [3.8, 4) is 0 Å². The standard InChI is InChI=1S/C13H12F3N3/c1-19(10-5-3-2-4-6-10)12-8-9(13(14,15)16)7-11(17)18-12/h2-8H,1H3,(H2,17,18). The van der Waals surface area contributed by atoms with E-state index in [9.17, 15) is 13.2 Å². The zero-order chi connectivity index (χ0) is 14.0. The lowest BCUT2D eigenvalue weighted by Gasteiger charge is -2.20. The minimum absolute atomic E-state index is 0.151. The van der Waals surface area contributed by atoms with E-state index >= 15 is 0 Å². The summed E-state index contributed by atoms with van der Waals surface area (Å²) >= 11 is 0. The van der Waals surface area contributed by atoms with Crippen LogP contribution in [-0.4, -0.2) is 12.0 Å². The summed E-state index contributed by atoms with van der Waals surface area (Å²) < 4.78 is 38.1. The summed E-state index contributed by atoms with van der Waals surface area (Å²) in [6, 6.07) is 10.8. The van der Waals surface area contributed by atoms with E-state index < -0.39 is 11.7 Å². The van der Waals surface area contributed by atoms with Gasteiger partial charge in [0.25, 0.3) is 0 Å². The van der Waals surface area contributed by atoms with Crippen LogP contribution in [0.3, 0.4) is 0 Å². The fourth-order valence-electron chi connectivity index (χ4n) is 1.66. The number of anilines is 3. The number of nitrogens with two attached hydrogens (primary N) is 1. The molecule has 0 atom stereocenters. The van der Waals surface area contributed by atoms with E-state index in [-0.39, 0.29) is 11.6 Å². The van der Waals surface area contributed by atoms with Crippen LogP contribution in [0.2, 0.25) is 0 Å². The van der Waals surface area contributed by atoms with Crippen LogP contribution in [0.5, 0.6) is 0 Å². The molecule has 0 amide bonds. The summed E-state index contributed by atoms with van der Waals surface area (Å²) in [6.07, 6.45) is -4.44. The van der Waals surface area contributed by atoms with Crippen molar-refractivity contribution in [1.82, 2.24) is 4.98 Å². The number of rotatable bonds is 2. The van der Waals surface area contributed by atoms with Crippen molar-refractivity contribution in [2.45, 2.75) is 6.18 Å². The number of pyridine rings is 1. The number of benzene rings is 1. The van der Waals surface area contributed by atoms with E-state index in [1.807, 2.05) is 6.07 Å². The lowest BCUT2D eigenvalue weighted by molar-refractivity contribution is -0.137. The zero-order valence-electron chi connectivity index (χ0n) is 10.1. The van der Waals surface area contributed by atoms with Crippen LogP contribution in [0.15, 0.2) is 42.5 Å². The molecule has 0 saturated carbocycles. The van der Waals surface area contributed by atoms with Gasteiger partial charge in [0.1, 0.15) is 11.6 Å². The molecule has 1 aromatic carbocycles. The van der Waals surface area contributed by atoms with Gasteiger partial charge in [-0.15, -0.1) is 0 Å². The molecule has 0 radical (unpaired) electrons. The smallest absolute Gasteiger partial charge is 0.384 e. The highest BCUT2D eigenvalue weighted by atomic mass is 19.4. The van der Waals surface area contributed by atoms with Gasteiger partial charge in [0, 0.05) is 12.7 Å². The molecule has 1 heterocycles. The molecular weight excluding hydrogens is 255 g/mol. The van der Waals surface area contributed by atoms with Gasteiger partial charge in [-0.25, -0.2) is 4.98 Å². The Balaban J connectivity index is 2.43. The highest BCUT2D eigenvalue weighted by Gasteiger charge is 2.31. The maximum atomic E-state index is 12.7. The van der Waals surface area contributed by atoms with Crippen LogP contribution in [-0.2, 0) is 6.18 Å². The fraction of sp³-hybridized carbons (Fsp3) is 0.154. The third-order valence-corrected chi connectivity index (χ3v) is 2.65. The summed E-state index contributed by atoms with van der Waals surface area (Å²) in [6.45, 7) is 0. The van der Waals surface area contributed by atoms with Crippen LogP contribution in [0.4, 0.5) is 30.5 Å². The molecule has 100 valence electrons. The van der Waals surface area contributed by atoms with Gasteiger partial charge in [-0.2, -0.15) is 13.2 Å². The number of nitrogens with zero attached hydrogens (tertiary/aromatic N) is 2. The van der Waals surface area contributed by atoms with Crippen molar-refractivity contribution >= 4 is 17.3 Å². The highest BCUT2D eigenvalue weighted by Crippen LogP contribution is 2.33. The average Bonchev–Trinajstić information content (AvgIpc) is 2.37. The number of alkyl halides is 3. The summed E-state index contributed by atoms with van der Waals surface area (Å²) in [5.41, 5.74) is 5.36. The van der Waals surface area contributed by atoms with Gasteiger partial charge in [-0.3, -0.25) is 0 Å². The first kappa shape index (κ1) is 13.2. The van der Waals surface area contributed by atoms with E-state index in [0.717, 1.165) is 17.8 Å². The number of aromatic nitrogens is 1. The highest BCUT2D eigenvalue weighted by molar-refractivity contribution is 5.61. The lowest BCUT2D eigenvalue weighted by Crippen LogP contribution is -2.14. The van der Waals surface area contributed by atoms with Gasteiger partial charge < -0.3 is 10.6 Å². The average molecular weight is 267 g/mol. The summed E-state index contributed by atoms with van der Waals surface area (Å²) in [7, 11) is 1.64. The van der Waals surface area contributed by atoms with Gasteiger partial charge in [-0.1, -0.05) is 18.2 Å². The van der Waals surface area contributed by atoms with Crippen molar-refractivity contribution < 1.29 is 13.2 Å². The van der Waals surface area contributed by atoms with Gasteiger partial charge in [0.15, 0.2) is 0 Å². The first-order chi connectivity index (χ1) is 8.88. The first-order valence-corrected chi connectivity index (χ1v) is 5.51. The molecule has 0 unspecified atom stereocenters. The third kappa shape index (κ3) is 2.96. The van der Waals surface area contributed by atoms with E-state index in [0.29, 0.717) is 0 Å². The van der Waals surface area contributed by atoms with Crippen LogP contribution < -0.4 is 10.6 Å². The number of nitrogen functional groups attached to an aromatic ring is 1. The molecule has 0 fully saturated rings. The normalized spacial score (nSPS) is 11.4. The van der Waals surface area contributed by atoms with Gasteiger partial charge in [0.2, 0.25) is 0 Å². The Kier molecular flexibility index (Phi) is 3.33. The Labute approximate surface area is 108 Å². The van der Waals surface area contributed by atoms with E-state index in [2.05, 4.69) is 4.98 Å². The largest absolute Gasteiger partial charge is 0.416 e. The topological polar surface area (TPSA) is 42.1 Å². The van der Waals surface area contributed by atoms with Crippen LogP contribution >= 0.6 is 0 Å². The molecule has 6 heteroatoms. The molecule has 0 spiro atoms. The Morgan fingerprint density at radius 1 is 1.11 bits per heavy atom. The Morgan fingerprint density at radius 2 is 1.74 bits per heavy atom. The molecule has 3 nitrogen and oxygen atoms in total. The zero-order valence-corrected chi connectivity index (χ0v) is 10.1. The first-order valence-electron chi connectivity index (χ1n) is 5.51. The van der Waals surface area contributed by atoms with Gasteiger partial charge in [0.05, 0.1) is 5.56 Å². The summed E-state index contributed by atoms with van der Waals surface area (Å²) in [5.74, 6) is -0.00821. The SMILES string of the molecule is CN(c1ccccc1)c1cc(C(F)(F)F)cc(N)n1. The summed E-state index contributed by atoms with van der Waals surface area (Å²) in [4.78, 5) is 5.47. The Bertz CT molecular complexity index is 567. The second-order valence-corrected chi connectivity index (χ2v) is 4.03. The molecule has 0 bridgehead atoms. The van der Waals surface area contributed by atoms with Crippen molar-refractivity contribution in [1.29, 1.82) is 0 Å². The number of para-hydroxylation sites is 1. The molecule has 0 saturated heterocycles. The fourth-order valence-corrected chi connectivity index (χ4v) is 1.66. The van der Waals surface area contributed by atoms with Crippen molar-refractivity contribution in [2.75, 3.05) is 17.7 Å². The number of halogens is 3. The van der Waals surface area contributed by atoms with Crippen LogP contribution in [0.25, 0.3) is 0 Å². The number of hydrogen-bond donors (Lipinski definition) is 1. The maximum absolute atomic E-state index is 12.7. The number of hydrogen-bond acceptors (Lipinski definition) is 3. The van der Waals surface area contributed by atoms with Crippen molar-refractivity contribution in [2.24, 2.45) is 0 Å². The molecule has 19 heavy (non-hydrogen) atoms. The van der Waals surface area contributed by atoms with E-state index in [1.54, 1.807) is 36.2 Å². The minimum atomic E-state index is -4.44. The van der Waals surface area contributed by atoms with Gasteiger partial charge in [-0.05, 0) is 24.3 Å². The van der Waals surface area contributed by atoms with Crippen LogP contribution in [0, 0.1) is 0 Å². The molecule has 0 aliphatic heterocycles. The van der Waals surface area contributed by atoms with Crippen LogP contribution in [0.1, 0.15) is 5.56 Å². The van der Waals surface area contributed by atoms with E-state index in [1.165, 1.54) is 0 Å². The predicted molar refractivity (Wildman–Crippen MR) is 68.2 cm³/mol. The maximum Gasteiger partial charge on any atom is 0.416 e. The molecule has 1 aromatic heterocycles. The van der Waals surface area contributed by atoms with Crippen molar-refractivity contribution in [3.63, 3.8) is 0 Å². The monoisotopic (exact) mass is 267 g/mol. The second kappa shape index (κ2) is 4.79. The Hall–Kier alpha value is -2.24. The van der Waals surface area contributed by atoms with Gasteiger partial charge >= 0.3 is 6.18 Å². The Morgan fingerprint density at radius 3 is 2.32 bits per heavy atom. The molecule has 0 aliphatic carbocycles. The van der Waals surface area contributed by atoms with E-state index in [4.69, 9.17) is 5.73 Å². The molecular formula is C13H12F3N3. The molecule has 2 aromatic rings. The van der Waals surface area contributed by atoms with Crippen molar-refractivity contribution in [3.05, 3.63) is 48.0 Å². The molecule has 2 rings (SSSR count). The second-order valence-electron chi connectivity index (χ2n) is 4.03. The summed E-state index contributed by atoms with van der Waals surface area (Å²) in [5, 5.41) is 0. The lowest BCUT2D eigenvalue weighted by atomic mass is 10.2. The predicted octanol–water partition coefficient (Wildman–Crippen LogP) is 3.45. The minimum Gasteiger partial charge on any atom is -0.384 e. The third-order valence-electron chi connectivity index (χ3n) is 2.65.